The van der Waals surface area contributed by atoms with E-state index in [9.17, 15) is 19.8 Å². The summed E-state index contributed by atoms with van der Waals surface area (Å²) in [6, 6.07) is 0. The van der Waals surface area contributed by atoms with E-state index >= 15 is 0 Å². The van der Waals surface area contributed by atoms with E-state index in [0.29, 0.717) is 19.4 Å². The third-order valence-corrected chi connectivity index (χ3v) is 11.2. The first-order chi connectivity index (χ1) is 14.7. The molecule has 0 amide bonds. The number of carbonyl (C=O) groups excluding carboxylic acids is 2. The number of allylic oxidation sites excluding steroid dienone is 3. The molecule has 0 aromatic heterocycles. The number of ketones is 1. The lowest BCUT2D eigenvalue weighted by Crippen LogP contribution is -2.75. The van der Waals surface area contributed by atoms with Crippen molar-refractivity contribution in [2.75, 3.05) is 13.7 Å². The second-order valence-electron chi connectivity index (χ2n) is 12.0. The summed E-state index contributed by atoms with van der Waals surface area (Å²) >= 11 is 0. The van der Waals surface area contributed by atoms with E-state index in [1.165, 1.54) is 7.11 Å². The van der Waals surface area contributed by atoms with Gasteiger partial charge in [0.2, 0.25) is 0 Å². The van der Waals surface area contributed by atoms with Gasteiger partial charge in [-0.1, -0.05) is 32.4 Å². The topological polar surface area (TPSA) is 93.1 Å². The Hall–Kier alpha value is -1.66. The Morgan fingerprint density at radius 3 is 2.38 bits per heavy atom. The summed E-state index contributed by atoms with van der Waals surface area (Å²) < 4.78 is 11.5. The maximum atomic E-state index is 14.0. The number of aliphatic hydroxyl groups is 2. The molecule has 2 heterocycles. The molecule has 6 rings (SSSR count). The Balaban J connectivity index is 1.81. The molecule has 4 fully saturated rings. The van der Waals surface area contributed by atoms with Gasteiger partial charge < -0.3 is 19.7 Å². The van der Waals surface area contributed by atoms with Crippen molar-refractivity contribution in [3.8, 4) is 0 Å². The SMILES string of the molecule is COC(=O)[C@@]12C(=O)C(C)=C(O)[C@]1(C)C(C)=C[C@H]1[C@@]34CC[C@@](O)(OC3)C(C)(C)[C@H]4CC[C@@]12C. The number of esters is 1. The molecule has 2 N–H and O–H groups in total. The lowest BCUT2D eigenvalue weighted by atomic mass is 9.32. The fourth-order valence-corrected chi connectivity index (χ4v) is 9.27. The predicted molar refractivity (Wildman–Crippen MR) is 117 cm³/mol. The van der Waals surface area contributed by atoms with E-state index in [1.807, 2.05) is 20.8 Å². The molecule has 1 spiro atoms. The Morgan fingerprint density at radius 2 is 1.81 bits per heavy atom. The van der Waals surface area contributed by atoms with Crippen LogP contribution < -0.4 is 0 Å². The van der Waals surface area contributed by atoms with Crippen LogP contribution in [-0.2, 0) is 19.1 Å². The van der Waals surface area contributed by atoms with Crippen molar-refractivity contribution in [3.05, 3.63) is 23.0 Å². The molecular formula is C26H36O6. The molecule has 6 heteroatoms. The predicted octanol–water partition coefficient (Wildman–Crippen LogP) is 4.08. The van der Waals surface area contributed by atoms with E-state index in [2.05, 4.69) is 19.9 Å². The van der Waals surface area contributed by atoms with Crippen LogP contribution >= 0.6 is 0 Å². The van der Waals surface area contributed by atoms with Gasteiger partial charge in [0.15, 0.2) is 17.0 Å². The highest BCUT2D eigenvalue weighted by Crippen LogP contribution is 2.78. The Bertz CT molecular complexity index is 996. The van der Waals surface area contributed by atoms with Crippen molar-refractivity contribution >= 4 is 11.8 Å². The molecule has 2 saturated carbocycles. The second-order valence-corrected chi connectivity index (χ2v) is 12.0. The third kappa shape index (κ3) is 1.84. The van der Waals surface area contributed by atoms with E-state index < -0.39 is 33.4 Å². The molecule has 2 aliphatic heterocycles. The summed E-state index contributed by atoms with van der Waals surface area (Å²) in [5.74, 6) is -1.96. The van der Waals surface area contributed by atoms with Crippen molar-refractivity contribution in [2.24, 2.45) is 38.9 Å². The minimum absolute atomic E-state index is 0.0146. The van der Waals surface area contributed by atoms with Gasteiger partial charge in [-0.05, 0) is 57.3 Å². The molecular weight excluding hydrogens is 408 g/mol. The third-order valence-electron chi connectivity index (χ3n) is 11.2. The lowest BCUT2D eigenvalue weighted by Gasteiger charge is -2.73. The van der Waals surface area contributed by atoms with Crippen LogP contribution in [0.4, 0.5) is 0 Å². The van der Waals surface area contributed by atoms with Crippen molar-refractivity contribution in [1.29, 1.82) is 0 Å². The lowest BCUT2D eigenvalue weighted by molar-refractivity contribution is -0.392. The van der Waals surface area contributed by atoms with Crippen LogP contribution in [0.1, 0.15) is 67.2 Å². The minimum Gasteiger partial charge on any atom is -0.511 e. The van der Waals surface area contributed by atoms with E-state index in [0.717, 1.165) is 18.4 Å². The summed E-state index contributed by atoms with van der Waals surface area (Å²) in [5, 5.41) is 22.5. The first-order valence-electron chi connectivity index (χ1n) is 11.8. The van der Waals surface area contributed by atoms with Crippen LogP contribution in [0.5, 0.6) is 0 Å². The largest absolute Gasteiger partial charge is 0.511 e. The number of ether oxygens (including phenoxy) is 2. The zero-order valence-electron chi connectivity index (χ0n) is 20.3. The molecule has 2 bridgehead atoms. The van der Waals surface area contributed by atoms with E-state index in [1.54, 1.807) is 6.92 Å². The van der Waals surface area contributed by atoms with E-state index in [4.69, 9.17) is 9.47 Å². The van der Waals surface area contributed by atoms with Gasteiger partial charge in [-0.2, -0.15) is 0 Å². The monoisotopic (exact) mass is 444 g/mol. The molecule has 32 heavy (non-hydrogen) atoms. The van der Waals surface area contributed by atoms with Crippen LogP contribution in [0.25, 0.3) is 0 Å². The smallest absolute Gasteiger partial charge is 0.321 e. The van der Waals surface area contributed by atoms with Crippen LogP contribution in [-0.4, -0.2) is 41.5 Å². The highest BCUT2D eigenvalue weighted by Gasteiger charge is 2.82. The number of methoxy groups -OCH3 is 1. The molecule has 7 atom stereocenters. The van der Waals surface area contributed by atoms with Crippen LogP contribution in [0, 0.1) is 38.9 Å². The summed E-state index contributed by atoms with van der Waals surface area (Å²) in [6.45, 7) is 12.0. The number of carbonyl (C=O) groups is 2. The fourth-order valence-electron chi connectivity index (χ4n) is 9.27. The van der Waals surface area contributed by atoms with Gasteiger partial charge in [-0.25, -0.2) is 0 Å². The van der Waals surface area contributed by atoms with Gasteiger partial charge in [-0.15, -0.1) is 0 Å². The first-order valence-corrected chi connectivity index (χ1v) is 11.8. The number of rotatable bonds is 1. The van der Waals surface area contributed by atoms with Gasteiger partial charge >= 0.3 is 5.97 Å². The maximum absolute atomic E-state index is 14.0. The number of aliphatic hydroxyl groups excluding tert-OH is 1. The minimum atomic E-state index is -1.53. The summed E-state index contributed by atoms with van der Waals surface area (Å²) in [7, 11) is 1.33. The Kier molecular flexibility index (Phi) is 4.07. The number of fused-ring (bicyclic) bond motifs is 5. The molecule has 6 nitrogen and oxygen atoms in total. The van der Waals surface area contributed by atoms with Gasteiger partial charge in [0, 0.05) is 22.8 Å². The molecule has 4 aliphatic carbocycles. The summed E-state index contributed by atoms with van der Waals surface area (Å²) in [5.41, 5.74) is -3.09. The van der Waals surface area contributed by atoms with Gasteiger partial charge in [0.05, 0.1) is 19.1 Å². The second kappa shape index (κ2) is 5.87. The molecule has 0 radical (unpaired) electrons. The molecule has 0 aromatic rings. The maximum Gasteiger partial charge on any atom is 0.321 e. The first kappa shape index (κ1) is 22.1. The standard InChI is InChI=1S/C26H36O6/c1-14-12-17-22(5,26(20(29)31-7)19(28)15(2)18(27)23(14,26)6)9-8-16-21(3,4)25(30)11-10-24(16,17)13-32-25/h12,16-17,27,30H,8-11,13H2,1-7H3/t16-,17-,22+,23+,24+,25-,26-/m1/s1. The van der Waals surface area contributed by atoms with Gasteiger partial charge in [0.25, 0.3) is 0 Å². The Labute approximate surface area is 190 Å². The van der Waals surface area contributed by atoms with Gasteiger partial charge in [0.1, 0.15) is 5.76 Å². The average Bonchev–Trinajstić information content (AvgIpc) is 2.90. The molecule has 0 unspecified atom stereocenters. The normalized spacial score (nSPS) is 51.0. The van der Waals surface area contributed by atoms with Crippen LogP contribution in [0.2, 0.25) is 0 Å². The molecule has 6 aliphatic rings. The van der Waals surface area contributed by atoms with Crippen molar-refractivity contribution < 1.29 is 29.3 Å². The highest BCUT2D eigenvalue weighted by molar-refractivity contribution is 6.17. The zero-order valence-corrected chi connectivity index (χ0v) is 20.3. The van der Waals surface area contributed by atoms with Crippen molar-refractivity contribution in [2.45, 2.75) is 73.0 Å². The molecule has 176 valence electrons. The van der Waals surface area contributed by atoms with Crippen molar-refractivity contribution in [1.82, 2.24) is 0 Å². The Morgan fingerprint density at radius 1 is 1.16 bits per heavy atom. The molecule has 2 saturated heterocycles. The van der Waals surface area contributed by atoms with Crippen LogP contribution in [0.15, 0.2) is 23.0 Å². The summed E-state index contributed by atoms with van der Waals surface area (Å²) in [4.78, 5) is 27.8. The quantitative estimate of drug-likeness (QED) is 0.360. The average molecular weight is 445 g/mol. The summed E-state index contributed by atoms with van der Waals surface area (Å²) in [6.07, 6.45) is 4.94. The highest BCUT2D eigenvalue weighted by atomic mass is 16.6. The number of hydrogen-bond donors (Lipinski definition) is 2. The van der Waals surface area contributed by atoms with Crippen molar-refractivity contribution in [3.63, 3.8) is 0 Å². The van der Waals surface area contributed by atoms with E-state index in [-0.39, 0.29) is 34.4 Å². The fraction of sp³-hybridized carbons (Fsp3) is 0.769. The number of hydrogen-bond acceptors (Lipinski definition) is 6. The molecule has 0 aromatic carbocycles. The van der Waals surface area contributed by atoms with Crippen LogP contribution in [0.3, 0.4) is 0 Å². The van der Waals surface area contributed by atoms with Gasteiger partial charge in [-0.3, -0.25) is 9.59 Å². The zero-order chi connectivity index (χ0) is 23.7. The number of Topliss-reactive ketones (excluding diaryl/α,β-unsaturated/α-hetero) is 1.